The summed E-state index contributed by atoms with van der Waals surface area (Å²) in [6, 6.07) is 21.8. The number of thioether (sulfide) groups is 1. The maximum Gasteiger partial charge on any atom is 0.304 e. The second kappa shape index (κ2) is 34.2. The van der Waals surface area contributed by atoms with E-state index < -0.39 is 0 Å². The predicted octanol–water partition coefficient (Wildman–Crippen LogP) is 14.6. The summed E-state index contributed by atoms with van der Waals surface area (Å²) in [5.41, 5.74) is 2.51. The molecular weight excluding hydrogens is 717 g/mol. The molecule has 0 fully saturated rings. The standard InChI is InChI=1S/C52H84N2O2S/c1-4-6-8-10-12-14-16-18-20-22-24-26-28-32-38-55-50-41-47(45-57-52(53-3)54-44-46-36-37-48-34-30-31-35-49(48)40-46)42-51(43-50)56-39-33-29-27-25-23-21-19-17-15-13-11-9-7-5-2/h30-31,34-37,40-43H,4-29,32-33,38-39,44-45H2,1-3H3,(H,53,54)/p+1. The van der Waals surface area contributed by atoms with E-state index in [1.54, 1.807) is 11.8 Å². The number of rotatable bonds is 36. The van der Waals surface area contributed by atoms with Gasteiger partial charge < -0.3 is 9.47 Å². The van der Waals surface area contributed by atoms with E-state index in [4.69, 9.17) is 9.47 Å². The van der Waals surface area contributed by atoms with Crippen molar-refractivity contribution in [2.75, 3.05) is 20.3 Å². The molecule has 2 N–H and O–H groups in total. The van der Waals surface area contributed by atoms with Crippen LogP contribution >= 0.6 is 11.8 Å². The number of amidine groups is 1. The SMILES string of the molecule is CCCCCCCCCCCCCCCCOc1cc(CSC(NCc2ccc3ccccc3c2)=[NH+]C)cc(OCCCCCCCCCCCCCCCC)c1. The molecule has 3 rings (SSSR count). The minimum Gasteiger partial charge on any atom is -0.493 e. The van der Waals surface area contributed by atoms with Gasteiger partial charge in [-0.2, -0.15) is 0 Å². The lowest BCUT2D eigenvalue weighted by Gasteiger charge is -2.13. The maximum absolute atomic E-state index is 6.37. The Balaban J connectivity index is 1.36. The molecule has 0 aliphatic heterocycles. The van der Waals surface area contributed by atoms with Gasteiger partial charge in [-0.15, -0.1) is 0 Å². The molecule has 0 atom stereocenters. The number of unbranched alkanes of at least 4 members (excludes halogenated alkanes) is 26. The van der Waals surface area contributed by atoms with Crippen LogP contribution < -0.4 is 19.8 Å². The molecule has 4 nitrogen and oxygen atoms in total. The minimum absolute atomic E-state index is 0.772. The van der Waals surface area contributed by atoms with Crippen molar-refractivity contribution in [2.45, 2.75) is 206 Å². The van der Waals surface area contributed by atoms with E-state index in [9.17, 15) is 0 Å². The number of hydrogen-bond donors (Lipinski definition) is 2. The largest absolute Gasteiger partial charge is 0.493 e. The van der Waals surface area contributed by atoms with E-state index in [-0.39, 0.29) is 0 Å². The van der Waals surface area contributed by atoms with Crippen molar-refractivity contribution in [1.82, 2.24) is 5.32 Å². The lowest BCUT2D eigenvalue weighted by atomic mass is 10.0. The zero-order valence-corrected chi connectivity index (χ0v) is 37.9. The van der Waals surface area contributed by atoms with Gasteiger partial charge >= 0.3 is 5.17 Å². The van der Waals surface area contributed by atoms with E-state index in [0.29, 0.717) is 0 Å². The highest BCUT2D eigenvalue weighted by Crippen LogP contribution is 2.27. The molecule has 0 saturated carbocycles. The van der Waals surface area contributed by atoms with Crippen LogP contribution in [0.2, 0.25) is 0 Å². The third kappa shape index (κ3) is 24.8. The molecule has 57 heavy (non-hydrogen) atoms. The average molecular weight is 802 g/mol. The summed E-state index contributed by atoms with van der Waals surface area (Å²) < 4.78 is 12.7. The van der Waals surface area contributed by atoms with E-state index in [1.165, 1.54) is 189 Å². The molecule has 5 heteroatoms. The van der Waals surface area contributed by atoms with Crippen molar-refractivity contribution in [2.24, 2.45) is 0 Å². The molecular formula is C52H85N2O2S+. The van der Waals surface area contributed by atoms with E-state index >= 15 is 0 Å². The molecule has 3 aromatic carbocycles. The molecule has 0 spiro atoms. The lowest BCUT2D eigenvalue weighted by molar-refractivity contribution is -0.418. The van der Waals surface area contributed by atoms with Crippen LogP contribution in [0.4, 0.5) is 0 Å². The predicted molar refractivity (Wildman–Crippen MR) is 252 cm³/mol. The molecule has 0 aromatic heterocycles. The van der Waals surface area contributed by atoms with Crippen LogP contribution in [0.25, 0.3) is 10.8 Å². The van der Waals surface area contributed by atoms with Crippen LogP contribution in [0, 0.1) is 0 Å². The number of benzene rings is 3. The van der Waals surface area contributed by atoms with Gasteiger partial charge in [-0.1, -0.05) is 217 Å². The Morgan fingerprint density at radius 2 is 0.895 bits per heavy atom. The first-order valence-corrected chi connectivity index (χ1v) is 25.0. The summed E-state index contributed by atoms with van der Waals surface area (Å²) in [4.78, 5) is 3.38. The molecule has 0 amide bonds. The fraction of sp³-hybridized carbons (Fsp3) is 0.673. The summed E-state index contributed by atoms with van der Waals surface area (Å²) in [6.07, 6.45) is 38.4. The number of nitrogens with one attached hydrogen (secondary N) is 2. The Morgan fingerprint density at radius 1 is 0.474 bits per heavy atom. The molecule has 0 heterocycles. The summed E-state index contributed by atoms with van der Waals surface area (Å²) in [6.45, 7) is 6.92. The Labute approximate surface area is 355 Å². The third-order valence-electron chi connectivity index (χ3n) is 11.4. The van der Waals surface area contributed by atoms with Gasteiger partial charge in [-0.05, 0) is 64.7 Å². The Kier molecular flexibility index (Phi) is 29.2. The second-order valence-corrected chi connectivity index (χ2v) is 17.6. The molecule has 0 aliphatic carbocycles. The molecule has 320 valence electrons. The van der Waals surface area contributed by atoms with Gasteiger partial charge in [-0.3, -0.25) is 10.3 Å². The van der Waals surface area contributed by atoms with Gasteiger partial charge in [0.25, 0.3) is 0 Å². The van der Waals surface area contributed by atoms with Gasteiger partial charge in [0.15, 0.2) is 0 Å². The van der Waals surface area contributed by atoms with Crippen molar-refractivity contribution >= 4 is 27.7 Å². The Hall–Kier alpha value is -2.66. The van der Waals surface area contributed by atoms with Crippen LogP contribution in [0.5, 0.6) is 11.5 Å². The number of hydrogen-bond acceptors (Lipinski definition) is 3. The van der Waals surface area contributed by atoms with Crippen LogP contribution in [-0.2, 0) is 12.3 Å². The highest BCUT2D eigenvalue weighted by Gasteiger charge is 2.11. The van der Waals surface area contributed by atoms with Crippen LogP contribution in [0.1, 0.15) is 205 Å². The molecule has 3 aromatic rings. The molecule has 0 saturated heterocycles. The fourth-order valence-corrected chi connectivity index (χ4v) is 8.55. The minimum atomic E-state index is 0.772. The average Bonchev–Trinajstić information content (AvgIpc) is 3.23. The van der Waals surface area contributed by atoms with E-state index in [0.717, 1.165) is 55.0 Å². The topological polar surface area (TPSA) is 44.5 Å². The zero-order chi connectivity index (χ0) is 40.3. The molecule has 0 unspecified atom stereocenters. The highest BCUT2D eigenvalue weighted by molar-refractivity contribution is 8.12. The molecule has 0 aliphatic rings. The van der Waals surface area contributed by atoms with Crippen molar-refractivity contribution in [3.63, 3.8) is 0 Å². The normalized spacial score (nSPS) is 11.7. The van der Waals surface area contributed by atoms with Crippen molar-refractivity contribution in [3.05, 3.63) is 71.8 Å². The molecule has 0 bridgehead atoms. The smallest absolute Gasteiger partial charge is 0.304 e. The van der Waals surface area contributed by atoms with Crippen LogP contribution in [-0.4, -0.2) is 25.4 Å². The second-order valence-electron chi connectivity index (χ2n) is 16.6. The summed E-state index contributed by atoms with van der Waals surface area (Å²) in [7, 11) is 2.00. The number of ether oxygens (including phenoxy) is 2. The summed E-state index contributed by atoms with van der Waals surface area (Å²) in [5, 5.41) is 7.25. The van der Waals surface area contributed by atoms with E-state index in [2.05, 4.69) is 84.8 Å². The van der Waals surface area contributed by atoms with Crippen LogP contribution in [0.15, 0.2) is 60.7 Å². The maximum atomic E-state index is 6.37. The van der Waals surface area contributed by atoms with Crippen molar-refractivity contribution < 1.29 is 14.5 Å². The summed E-state index contributed by atoms with van der Waals surface area (Å²) >= 11 is 1.80. The third-order valence-corrected chi connectivity index (χ3v) is 12.5. The van der Waals surface area contributed by atoms with Gasteiger partial charge in [0.05, 0.1) is 20.3 Å². The van der Waals surface area contributed by atoms with Crippen molar-refractivity contribution in [3.8, 4) is 11.5 Å². The van der Waals surface area contributed by atoms with Crippen molar-refractivity contribution in [1.29, 1.82) is 0 Å². The fourth-order valence-electron chi connectivity index (χ4n) is 7.75. The van der Waals surface area contributed by atoms with Gasteiger partial charge in [-0.25, -0.2) is 0 Å². The first-order valence-electron chi connectivity index (χ1n) is 24.0. The van der Waals surface area contributed by atoms with Gasteiger partial charge in [0.2, 0.25) is 0 Å². The summed E-state index contributed by atoms with van der Waals surface area (Å²) in [5.74, 6) is 2.72. The van der Waals surface area contributed by atoms with Gasteiger partial charge in [0, 0.05) is 11.8 Å². The molecule has 0 radical (unpaired) electrons. The van der Waals surface area contributed by atoms with Gasteiger partial charge in [0.1, 0.15) is 18.0 Å². The number of fused-ring (bicyclic) bond motifs is 1. The first-order chi connectivity index (χ1) is 28.2. The monoisotopic (exact) mass is 802 g/mol. The lowest BCUT2D eigenvalue weighted by Crippen LogP contribution is -2.70. The first kappa shape index (κ1) is 48.7. The quantitative estimate of drug-likeness (QED) is 0.0349. The van der Waals surface area contributed by atoms with E-state index in [1.807, 2.05) is 7.05 Å². The zero-order valence-electron chi connectivity index (χ0n) is 37.1. The Morgan fingerprint density at radius 3 is 1.33 bits per heavy atom. The Bertz CT molecular complexity index is 1370. The highest BCUT2D eigenvalue weighted by atomic mass is 32.2. The van der Waals surface area contributed by atoms with Crippen LogP contribution in [0.3, 0.4) is 0 Å².